The largest absolute Gasteiger partial charge is 0.327 e. The number of hydrogen-bond donors (Lipinski definition) is 1. The van der Waals surface area contributed by atoms with Gasteiger partial charge in [0.2, 0.25) is 0 Å². The summed E-state index contributed by atoms with van der Waals surface area (Å²) in [4.78, 5) is 8.75. The Morgan fingerprint density at radius 3 is 2.95 bits per heavy atom. The summed E-state index contributed by atoms with van der Waals surface area (Å²) in [6.07, 6.45) is 6.68. The van der Waals surface area contributed by atoms with Crippen molar-refractivity contribution in [2.45, 2.75) is 50.6 Å². The van der Waals surface area contributed by atoms with Gasteiger partial charge < -0.3 is 5.73 Å². The van der Waals surface area contributed by atoms with Crippen LogP contribution in [-0.4, -0.2) is 29.0 Å². The predicted octanol–water partition coefficient (Wildman–Crippen LogP) is 2.58. The van der Waals surface area contributed by atoms with E-state index < -0.39 is 0 Å². The normalized spacial score (nSPS) is 35.5. The smallest absolute Gasteiger partial charge is 0.0798 e. The van der Waals surface area contributed by atoms with Crippen LogP contribution in [0.25, 0.3) is 0 Å². The number of fused-ring (bicyclic) bond motifs is 1. The number of hydrogen-bond acceptors (Lipinski definition) is 4. The van der Waals surface area contributed by atoms with Crippen LogP contribution >= 0.6 is 11.3 Å². The molecule has 3 fully saturated rings. The summed E-state index contributed by atoms with van der Waals surface area (Å²) in [5.74, 6) is 2.40. The van der Waals surface area contributed by atoms with E-state index in [2.05, 4.69) is 9.88 Å². The SMILES string of the molecule is NC1CCCC2CN(Cc3scnc3C3CC3)CC12. The van der Waals surface area contributed by atoms with Crippen molar-refractivity contribution in [2.24, 2.45) is 17.6 Å². The van der Waals surface area contributed by atoms with E-state index in [9.17, 15) is 0 Å². The fourth-order valence-corrected chi connectivity index (χ4v) is 4.92. The molecular formula is C15H23N3S. The minimum absolute atomic E-state index is 0.452. The van der Waals surface area contributed by atoms with E-state index in [1.54, 1.807) is 0 Å². The average molecular weight is 277 g/mol. The van der Waals surface area contributed by atoms with Crippen molar-refractivity contribution in [1.82, 2.24) is 9.88 Å². The molecule has 0 spiro atoms. The molecule has 3 nitrogen and oxygen atoms in total. The Morgan fingerprint density at radius 2 is 2.16 bits per heavy atom. The van der Waals surface area contributed by atoms with Crippen LogP contribution in [0, 0.1) is 11.8 Å². The van der Waals surface area contributed by atoms with Crippen LogP contribution in [0.15, 0.2) is 5.51 Å². The summed E-state index contributed by atoms with van der Waals surface area (Å²) in [6, 6.07) is 0.452. The Balaban J connectivity index is 1.45. The zero-order valence-electron chi connectivity index (χ0n) is 11.4. The molecule has 0 bridgehead atoms. The maximum Gasteiger partial charge on any atom is 0.0798 e. The molecule has 4 heteroatoms. The van der Waals surface area contributed by atoms with Crippen molar-refractivity contribution in [3.63, 3.8) is 0 Å². The zero-order valence-corrected chi connectivity index (χ0v) is 12.2. The topological polar surface area (TPSA) is 42.1 Å². The molecule has 4 rings (SSSR count). The molecule has 0 amide bonds. The number of nitrogens with zero attached hydrogens (tertiary/aromatic N) is 2. The van der Waals surface area contributed by atoms with Crippen molar-refractivity contribution in [1.29, 1.82) is 0 Å². The van der Waals surface area contributed by atoms with Gasteiger partial charge in [-0.3, -0.25) is 4.90 Å². The lowest BCUT2D eigenvalue weighted by Crippen LogP contribution is -2.38. The van der Waals surface area contributed by atoms with E-state index in [0.29, 0.717) is 6.04 Å². The van der Waals surface area contributed by atoms with E-state index in [1.807, 2.05) is 16.8 Å². The molecule has 104 valence electrons. The fraction of sp³-hybridized carbons (Fsp3) is 0.800. The van der Waals surface area contributed by atoms with Gasteiger partial charge in [0, 0.05) is 36.5 Å². The molecule has 19 heavy (non-hydrogen) atoms. The van der Waals surface area contributed by atoms with Gasteiger partial charge in [0.25, 0.3) is 0 Å². The highest BCUT2D eigenvalue weighted by Gasteiger charge is 2.39. The summed E-state index contributed by atoms with van der Waals surface area (Å²) in [7, 11) is 0. The van der Waals surface area contributed by atoms with Crippen LogP contribution < -0.4 is 5.73 Å². The number of aromatic nitrogens is 1. The third-order valence-electron chi connectivity index (χ3n) is 5.23. The molecule has 2 heterocycles. The van der Waals surface area contributed by atoms with Crippen molar-refractivity contribution in [3.8, 4) is 0 Å². The van der Waals surface area contributed by atoms with Crippen LogP contribution in [0.5, 0.6) is 0 Å². The highest BCUT2D eigenvalue weighted by atomic mass is 32.1. The summed E-state index contributed by atoms with van der Waals surface area (Å²) >= 11 is 1.85. The Labute approximate surface area is 119 Å². The quantitative estimate of drug-likeness (QED) is 0.923. The van der Waals surface area contributed by atoms with Crippen LogP contribution in [0.4, 0.5) is 0 Å². The van der Waals surface area contributed by atoms with Crippen molar-refractivity contribution in [3.05, 3.63) is 16.1 Å². The van der Waals surface area contributed by atoms with Gasteiger partial charge >= 0.3 is 0 Å². The number of rotatable bonds is 3. The number of likely N-dealkylation sites (tertiary alicyclic amines) is 1. The van der Waals surface area contributed by atoms with Gasteiger partial charge in [-0.15, -0.1) is 11.3 Å². The standard InChI is InChI=1S/C15H23N3S/c16-13-3-1-2-11-6-18(7-12(11)13)8-14-15(10-4-5-10)17-9-19-14/h9-13H,1-8,16H2. The first kappa shape index (κ1) is 12.3. The van der Waals surface area contributed by atoms with Crippen LogP contribution in [-0.2, 0) is 6.54 Å². The third kappa shape index (κ3) is 2.34. The molecule has 2 saturated carbocycles. The molecule has 0 radical (unpaired) electrons. The Morgan fingerprint density at radius 1 is 1.26 bits per heavy atom. The second-order valence-corrected chi connectivity index (χ2v) is 7.59. The molecule has 1 aromatic rings. The highest BCUT2D eigenvalue weighted by Crippen LogP contribution is 2.43. The molecule has 3 unspecified atom stereocenters. The average Bonchev–Trinajstić information content (AvgIpc) is 2.99. The first-order valence-corrected chi connectivity index (χ1v) is 8.59. The Bertz CT molecular complexity index is 454. The fourth-order valence-electron chi connectivity index (χ4n) is 4.03. The minimum Gasteiger partial charge on any atom is -0.327 e. The Hall–Kier alpha value is -0.450. The monoisotopic (exact) mass is 277 g/mol. The highest BCUT2D eigenvalue weighted by molar-refractivity contribution is 7.09. The number of thiazole rings is 1. The van der Waals surface area contributed by atoms with Gasteiger partial charge in [-0.2, -0.15) is 0 Å². The van der Waals surface area contributed by atoms with Crippen molar-refractivity contribution in [2.75, 3.05) is 13.1 Å². The van der Waals surface area contributed by atoms with E-state index in [1.165, 1.54) is 55.8 Å². The molecule has 1 saturated heterocycles. The first-order chi connectivity index (χ1) is 9.31. The van der Waals surface area contributed by atoms with Crippen molar-refractivity contribution < 1.29 is 0 Å². The maximum absolute atomic E-state index is 6.31. The second kappa shape index (κ2) is 4.83. The summed E-state index contributed by atoms with van der Waals surface area (Å²) in [5, 5.41) is 0. The molecule has 1 aromatic heterocycles. The minimum atomic E-state index is 0.452. The molecular weight excluding hydrogens is 254 g/mol. The molecule has 2 N–H and O–H groups in total. The van der Waals surface area contributed by atoms with E-state index in [-0.39, 0.29) is 0 Å². The van der Waals surface area contributed by atoms with Gasteiger partial charge in [0.05, 0.1) is 11.2 Å². The molecule has 3 aliphatic rings. The second-order valence-electron chi connectivity index (χ2n) is 6.65. The number of nitrogens with two attached hydrogens (primary N) is 1. The predicted molar refractivity (Wildman–Crippen MR) is 78.2 cm³/mol. The lowest BCUT2D eigenvalue weighted by atomic mass is 9.78. The van der Waals surface area contributed by atoms with Gasteiger partial charge in [0.1, 0.15) is 0 Å². The summed E-state index contributed by atoms with van der Waals surface area (Å²) < 4.78 is 0. The Kier molecular flexibility index (Phi) is 3.13. The van der Waals surface area contributed by atoms with Gasteiger partial charge in [-0.1, -0.05) is 6.42 Å². The van der Waals surface area contributed by atoms with Crippen LogP contribution in [0.1, 0.15) is 48.6 Å². The molecule has 2 aliphatic carbocycles. The van der Waals surface area contributed by atoms with Gasteiger partial charge in [0.15, 0.2) is 0 Å². The first-order valence-electron chi connectivity index (χ1n) is 7.71. The lowest BCUT2D eigenvalue weighted by Gasteiger charge is -2.29. The molecule has 0 aromatic carbocycles. The van der Waals surface area contributed by atoms with Crippen LogP contribution in [0.3, 0.4) is 0 Å². The van der Waals surface area contributed by atoms with E-state index in [0.717, 1.165) is 24.3 Å². The lowest BCUT2D eigenvalue weighted by molar-refractivity contribution is 0.259. The van der Waals surface area contributed by atoms with Gasteiger partial charge in [-0.25, -0.2) is 4.98 Å². The summed E-state index contributed by atoms with van der Waals surface area (Å²) in [5.41, 5.74) is 9.75. The third-order valence-corrected chi connectivity index (χ3v) is 6.07. The van der Waals surface area contributed by atoms with Gasteiger partial charge in [-0.05, 0) is 37.5 Å². The van der Waals surface area contributed by atoms with E-state index in [4.69, 9.17) is 5.73 Å². The van der Waals surface area contributed by atoms with E-state index >= 15 is 0 Å². The van der Waals surface area contributed by atoms with Crippen molar-refractivity contribution >= 4 is 11.3 Å². The zero-order chi connectivity index (χ0) is 12.8. The molecule has 1 aliphatic heterocycles. The maximum atomic E-state index is 6.31. The summed E-state index contributed by atoms with van der Waals surface area (Å²) in [6.45, 7) is 3.60. The molecule has 3 atom stereocenters. The van der Waals surface area contributed by atoms with Crippen LogP contribution in [0.2, 0.25) is 0 Å².